The molecule has 0 unspecified atom stereocenters. The molecule has 2 aromatic carbocycles. The third kappa shape index (κ3) is 4.51. The zero-order valence-electron chi connectivity index (χ0n) is 13.8. The van der Waals surface area contributed by atoms with Crippen LogP contribution < -0.4 is 5.32 Å². The Morgan fingerprint density at radius 2 is 1.48 bits per heavy atom. The summed E-state index contributed by atoms with van der Waals surface area (Å²) in [5, 5.41) is 3.53. The lowest BCUT2D eigenvalue weighted by Crippen LogP contribution is -2.53. The van der Waals surface area contributed by atoms with Crippen molar-refractivity contribution in [1.82, 2.24) is 15.1 Å². The predicted molar refractivity (Wildman–Crippen MR) is 97.6 cm³/mol. The van der Waals surface area contributed by atoms with E-state index in [0.29, 0.717) is 43.3 Å². The van der Waals surface area contributed by atoms with E-state index in [1.807, 2.05) is 30.3 Å². The molecule has 2 aromatic rings. The van der Waals surface area contributed by atoms with Gasteiger partial charge in [0.15, 0.2) is 0 Å². The van der Waals surface area contributed by atoms with Crippen LogP contribution in [0.15, 0.2) is 54.6 Å². The molecule has 0 saturated carbocycles. The predicted octanol–water partition coefficient (Wildman–Crippen LogP) is 3.01. The number of piperazine rings is 1. The summed E-state index contributed by atoms with van der Waals surface area (Å²) in [6.07, 6.45) is 0. The Hall–Kier alpha value is -2.53. The van der Waals surface area contributed by atoms with Gasteiger partial charge in [-0.25, -0.2) is 4.79 Å². The van der Waals surface area contributed by atoms with Gasteiger partial charge in [0, 0.05) is 43.3 Å². The van der Waals surface area contributed by atoms with Crippen molar-refractivity contribution < 1.29 is 9.59 Å². The fourth-order valence-electron chi connectivity index (χ4n) is 2.77. The Bertz CT molecular complexity index is 726. The first kappa shape index (κ1) is 17.3. The highest BCUT2D eigenvalue weighted by Gasteiger charge is 2.24. The number of carbonyl (C=O) groups excluding carboxylic acids is 2. The molecule has 6 heteroatoms. The molecule has 0 aliphatic carbocycles. The molecule has 0 aromatic heterocycles. The SMILES string of the molecule is O=C(NCc1ccccc1)N1CCN(C(=O)c2ccc(Cl)cc2)CC1. The van der Waals surface area contributed by atoms with Crippen LogP contribution in [0, 0.1) is 0 Å². The molecule has 1 aliphatic heterocycles. The number of nitrogens with zero attached hydrogens (tertiary/aromatic N) is 2. The zero-order valence-corrected chi connectivity index (χ0v) is 14.6. The van der Waals surface area contributed by atoms with Crippen LogP contribution in [0.5, 0.6) is 0 Å². The number of halogens is 1. The largest absolute Gasteiger partial charge is 0.335 e. The average molecular weight is 358 g/mol. The van der Waals surface area contributed by atoms with Crippen molar-refractivity contribution >= 4 is 23.5 Å². The molecule has 1 heterocycles. The Morgan fingerprint density at radius 1 is 0.880 bits per heavy atom. The van der Waals surface area contributed by atoms with Crippen molar-refractivity contribution in [3.05, 3.63) is 70.7 Å². The van der Waals surface area contributed by atoms with E-state index in [4.69, 9.17) is 11.6 Å². The van der Waals surface area contributed by atoms with Crippen molar-refractivity contribution in [1.29, 1.82) is 0 Å². The van der Waals surface area contributed by atoms with Crippen LogP contribution in [0.2, 0.25) is 5.02 Å². The van der Waals surface area contributed by atoms with Gasteiger partial charge < -0.3 is 15.1 Å². The van der Waals surface area contributed by atoms with E-state index in [9.17, 15) is 9.59 Å². The number of amides is 3. The van der Waals surface area contributed by atoms with Crippen molar-refractivity contribution in [3.8, 4) is 0 Å². The second kappa shape index (κ2) is 8.03. The van der Waals surface area contributed by atoms with Gasteiger partial charge in [0.2, 0.25) is 0 Å². The highest BCUT2D eigenvalue weighted by atomic mass is 35.5. The second-order valence-corrected chi connectivity index (χ2v) is 6.37. The lowest BCUT2D eigenvalue weighted by atomic mass is 10.2. The minimum Gasteiger partial charge on any atom is -0.335 e. The minimum absolute atomic E-state index is 0.0268. The van der Waals surface area contributed by atoms with E-state index in [1.165, 1.54) is 0 Å². The van der Waals surface area contributed by atoms with Crippen LogP contribution in [-0.4, -0.2) is 47.9 Å². The lowest BCUT2D eigenvalue weighted by molar-refractivity contribution is 0.0665. The molecular formula is C19H20ClN3O2. The van der Waals surface area contributed by atoms with E-state index >= 15 is 0 Å². The highest BCUT2D eigenvalue weighted by molar-refractivity contribution is 6.30. The highest BCUT2D eigenvalue weighted by Crippen LogP contribution is 2.13. The molecular weight excluding hydrogens is 338 g/mol. The summed E-state index contributed by atoms with van der Waals surface area (Å²) >= 11 is 5.85. The normalized spacial score (nSPS) is 14.3. The van der Waals surface area contributed by atoms with E-state index in [2.05, 4.69) is 5.32 Å². The van der Waals surface area contributed by atoms with E-state index in [-0.39, 0.29) is 11.9 Å². The molecule has 1 N–H and O–H groups in total. The molecule has 0 atom stereocenters. The monoisotopic (exact) mass is 357 g/mol. The molecule has 25 heavy (non-hydrogen) atoms. The molecule has 1 saturated heterocycles. The van der Waals surface area contributed by atoms with E-state index < -0.39 is 0 Å². The molecule has 3 rings (SSSR count). The summed E-state index contributed by atoms with van der Waals surface area (Å²) in [5.74, 6) is -0.0268. The van der Waals surface area contributed by atoms with Gasteiger partial charge in [-0.1, -0.05) is 41.9 Å². The summed E-state index contributed by atoms with van der Waals surface area (Å²) in [6.45, 7) is 2.62. The summed E-state index contributed by atoms with van der Waals surface area (Å²) in [5.41, 5.74) is 1.68. The number of hydrogen-bond acceptors (Lipinski definition) is 2. The first-order valence-electron chi connectivity index (χ1n) is 8.25. The summed E-state index contributed by atoms with van der Waals surface area (Å²) in [7, 11) is 0. The summed E-state index contributed by atoms with van der Waals surface area (Å²) < 4.78 is 0. The van der Waals surface area contributed by atoms with Gasteiger partial charge >= 0.3 is 6.03 Å². The second-order valence-electron chi connectivity index (χ2n) is 5.93. The van der Waals surface area contributed by atoms with Gasteiger partial charge in [-0.15, -0.1) is 0 Å². The van der Waals surface area contributed by atoms with Crippen molar-refractivity contribution in [3.63, 3.8) is 0 Å². The number of carbonyl (C=O) groups is 2. The quantitative estimate of drug-likeness (QED) is 0.918. The van der Waals surface area contributed by atoms with Gasteiger partial charge in [0.25, 0.3) is 5.91 Å². The maximum atomic E-state index is 12.5. The smallest absolute Gasteiger partial charge is 0.317 e. The van der Waals surface area contributed by atoms with Gasteiger partial charge in [-0.3, -0.25) is 4.79 Å². The average Bonchev–Trinajstić information content (AvgIpc) is 2.67. The van der Waals surface area contributed by atoms with Gasteiger partial charge in [-0.2, -0.15) is 0 Å². The summed E-state index contributed by atoms with van der Waals surface area (Å²) in [6, 6.07) is 16.6. The summed E-state index contributed by atoms with van der Waals surface area (Å²) in [4.78, 5) is 28.2. The zero-order chi connectivity index (χ0) is 17.6. The number of benzene rings is 2. The van der Waals surface area contributed by atoms with Crippen LogP contribution in [0.3, 0.4) is 0 Å². The lowest BCUT2D eigenvalue weighted by Gasteiger charge is -2.34. The Kier molecular flexibility index (Phi) is 5.56. The molecule has 5 nitrogen and oxygen atoms in total. The number of hydrogen-bond donors (Lipinski definition) is 1. The van der Waals surface area contributed by atoms with E-state index in [0.717, 1.165) is 5.56 Å². The Labute approximate surface area is 152 Å². The minimum atomic E-state index is -0.0950. The third-order valence-electron chi connectivity index (χ3n) is 4.23. The van der Waals surface area contributed by atoms with Crippen LogP contribution in [0.4, 0.5) is 4.79 Å². The Morgan fingerprint density at radius 3 is 2.12 bits per heavy atom. The Balaban J connectivity index is 1.48. The fourth-order valence-corrected chi connectivity index (χ4v) is 2.90. The van der Waals surface area contributed by atoms with Crippen LogP contribution in [0.25, 0.3) is 0 Å². The molecule has 1 aliphatic rings. The van der Waals surface area contributed by atoms with Crippen LogP contribution >= 0.6 is 11.6 Å². The molecule has 130 valence electrons. The molecule has 3 amide bonds. The van der Waals surface area contributed by atoms with Gasteiger partial charge in [0.05, 0.1) is 0 Å². The number of rotatable bonds is 3. The van der Waals surface area contributed by atoms with Gasteiger partial charge in [-0.05, 0) is 29.8 Å². The molecule has 0 bridgehead atoms. The maximum Gasteiger partial charge on any atom is 0.317 e. The van der Waals surface area contributed by atoms with Gasteiger partial charge in [0.1, 0.15) is 0 Å². The fraction of sp³-hybridized carbons (Fsp3) is 0.263. The maximum absolute atomic E-state index is 12.5. The standard InChI is InChI=1S/C19H20ClN3O2/c20-17-8-6-16(7-9-17)18(24)22-10-12-23(13-11-22)19(25)21-14-15-4-2-1-3-5-15/h1-9H,10-14H2,(H,21,25). The van der Waals surface area contributed by atoms with Crippen LogP contribution in [0.1, 0.15) is 15.9 Å². The van der Waals surface area contributed by atoms with Crippen molar-refractivity contribution in [2.45, 2.75) is 6.54 Å². The first-order chi connectivity index (χ1) is 12.1. The van der Waals surface area contributed by atoms with Crippen molar-refractivity contribution in [2.75, 3.05) is 26.2 Å². The number of nitrogens with one attached hydrogen (secondary N) is 1. The van der Waals surface area contributed by atoms with Crippen molar-refractivity contribution in [2.24, 2.45) is 0 Å². The third-order valence-corrected chi connectivity index (χ3v) is 4.48. The first-order valence-corrected chi connectivity index (χ1v) is 8.63. The molecule has 0 spiro atoms. The van der Waals surface area contributed by atoms with E-state index in [1.54, 1.807) is 34.1 Å². The molecule has 0 radical (unpaired) electrons. The number of urea groups is 1. The topological polar surface area (TPSA) is 52.7 Å². The van der Waals surface area contributed by atoms with Crippen LogP contribution in [-0.2, 0) is 6.54 Å². The molecule has 1 fully saturated rings.